The van der Waals surface area contributed by atoms with Gasteiger partial charge in [0.1, 0.15) is 24.4 Å². The molecule has 0 bridgehead atoms. The largest absolute Gasteiger partial charge is 0.469 e. The van der Waals surface area contributed by atoms with Crippen molar-refractivity contribution in [3.8, 4) is 0 Å². The summed E-state index contributed by atoms with van der Waals surface area (Å²) in [5, 5.41) is 46.8. The normalized spacial score (nSPS) is 31.0. The highest BCUT2D eigenvalue weighted by atomic mass is 16.6. The number of hydrogen-bond donors (Lipinski definition) is 4. The molecule has 0 aliphatic carbocycles. The van der Waals surface area contributed by atoms with Crippen LogP contribution in [0.25, 0.3) is 0 Å². The minimum absolute atomic E-state index is 0.0802. The van der Waals surface area contributed by atoms with Crippen molar-refractivity contribution in [1.82, 2.24) is 15.0 Å². The van der Waals surface area contributed by atoms with E-state index in [1.807, 2.05) is 0 Å². The molecule has 1 saturated heterocycles. The predicted octanol–water partition coefficient (Wildman–Crippen LogP) is -1.91. The lowest BCUT2D eigenvalue weighted by atomic mass is 9.86. The van der Waals surface area contributed by atoms with Gasteiger partial charge in [-0.3, -0.25) is 4.79 Å². The standard InChI is InChI=1S/C14H23N3O7/c1-14(2,4-9(19)23-3)8-5-17(16-15-8)13-12(22)11(21)10(20)7(6-18)24-13/h5,7,10-13,18,20-22H,4,6H2,1-3H3/t7-,10+,11+,12-,13-/m1/s1. The fourth-order valence-electron chi connectivity index (χ4n) is 2.54. The molecule has 10 nitrogen and oxygen atoms in total. The van der Waals surface area contributed by atoms with Gasteiger partial charge in [-0.1, -0.05) is 19.1 Å². The van der Waals surface area contributed by atoms with Gasteiger partial charge in [-0.2, -0.15) is 0 Å². The molecule has 1 aromatic heterocycles. The SMILES string of the molecule is COC(=O)CC(C)(C)c1cn([C@@H]2O[C@H](CO)[C@H](O)[C@H](O)[C@H]2O)nn1. The quantitative estimate of drug-likeness (QED) is 0.449. The van der Waals surface area contributed by atoms with Gasteiger partial charge in [-0.15, -0.1) is 5.10 Å². The zero-order chi connectivity index (χ0) is 18.1. The summed E-state index contributed by atoms with van der Waals surface area (Å²) in [6.45, 7) is 3.04. The van der Waals surface area contributed by atoms with E-state index in [4.69, 9.17) is 4.74 Å². The van der Waals surface area contributed by atoms with Gasteiger partial charge in [0.25, 0.3) is 0 Å². The smallest absolute Gasteiger partial charge is 0.306 e. The number of rotatable bonds is 5. The van der Waals surface area contributed by atoms with Crippen molar-refractivity contribution in [2.45, 2.75) is 56.3 Å². The third kappa shape index (κ3) is 3.57. The van der Waals surface area contributed by atoms with Crippen LogP contribution in [-0.4, -0.2) is 79.5 Å². The Morgan fingerprint density at radius 3 is 2.58 bits per heavy atom. The van der Waals surface area contributed by atoms with Gasteiger partial charge in [0.2, 0.25) is 0 Å². The van der Waals surface area contributed by atoms with E-state index < -0.39 is 48.6 Å². The molecular formula is C14H23N3O7. The number of ether oxygens (including phenoxy) is 2. The summed E-state index contributed by atoms with van der Waals surface area (Å²) in [4.78, 5) is 11.5. The molecule has 10 heteroatoms. The molecule has 1 aromatic rings. The Labute approximate surface area is 138 Å². The van der Waals surface area contributed by atoms with Crippen LogP contribution in [0, 0.1) is 0 Å². The molecule has 0 amide bonds. The highest BCUT2D eigenvalue weighted by Gasteiger charge is 2.45. The molecule has 2 rings (SSSR count). The fraction of sp³-hybridized carbons (Fsp3) is 0.786. The van der Waals surface area contributed by atoms with Crippen molar-refractivity contribution in [3.63, 3.8) is 0 Å². The second-order valence-corrected chi connectivity index (χ2v) is 6.44. The van der Waals surface area contributed by atoms with Crippen LogP contribution in [0.15, 0.2) is 6.20 Å². The lowest BCUT2D eigenvalue weighted by Crippen LogP contribution is -2.56. The zero-order valence-electron chi connectivity index (χ0n) is 13.7. The molecule has 1 fully saturated rings. The number of methoxy groups -OCH3 is 1. The van der Waals surface area contributed by atoms with E-state index in [1.54, 1.807) is 13.8 Å². The Kier molecular flexibility index (Phi) is 5.56. The van der Waals surface area contributed by atoms with Crippen LogP contribution in [0.3, 0.4) is 0 Å². The van der Waals surface area contributed by atoms with Gasteiger partial charge >= 0.3 is 5.97 Å². The maximum absolute atomic E-state index is 11.5. The van der Waals surface area contributed by atoms with Crippen molar-refractivity contribution < 1.29 is 34.7 Å². The molecule has 5 atom stereocenters. The Bertz CT molecular complexity index is 574. The minimum Gasteiger partial charge on any atom is -0.469 e. The predicted molar refractivity (Wildman–Crippen MR) is 78.7 cm³/mol. The van der Waals surface area contributed by atoms with Crippen molar-refractivity contribution in [1.29, 1.82) is 0 Å². The minimum atomic E-state index is -1.50. The van der Waals surface area contributed by atoms with Crippen LogP contribution >= 0.6 is 0 Å². The number of esters is 1. The van der Waals surface area contributed by atoms with Crippen LogP contribution in [0.2, 0.25) is 0 Å². The van der Waals surface area contributed by atoms with E-state index in [0.717, 1.165) is 0 Å². The third-order valence-corrected chi connectivity index (χ3v) is 4.15. The van der Waals surface area contributed by atoms with Gasteiger partial charge in [-0.05, 0) is 0 Å². The van der Waals surface area contributed by atoms with E-state index in [0.29, 0.717) is 5.69 Å². The van der Waals surface area contributed by atoms with Crippen LogP contribution in [0.1, 0.15) is 32.2 Å². The molecule has 4 N–H and O–H groups in total. The van der Waals surface area contributed by atoms with Gasteiger partial charge in [0.15, 0.2) is 6.23 Å². The first-order valence-corrected chi connectivity index (χ1v) is 7.51. The molecule has 24 heavy (non-hydrogen) atoms. The summed E-state index contributed by atoms with van der Waals surface area (Å²) in [5.41, 5.74) is -0.204. The number of carbonyl (C=O) groups is 1. The fourth-order valence-corrected chi connectivity index (χ4v) is 2.54. The number of hydrogen-bond acceptors (Lipinski definition) is 9. The van der Waals surface area contributed by atoms with Crippen molar-refractivity contribution in [2.75, 3.05) is 13.7 Å². The molecule has 0 saturated carbocycles. The Morgan fingerprint density at radius 1 is 1.33 bits per heavy atom. The average molecular weight is 345 g/mol. The van der Waals surface area contributed by atoms with Crippen LogP contribution in [0.4, 0.5) is 0 Å². The van der Waals surface area contributed by atoms with E-state index in [-0.39, 0.29) is 6.42 Å². The van der Waals surface area contributed by atoms with Gasteiger partial charge in [0.05, 0.1) is 32.0 Å². The molecule has 0 aromatic carbocycles. The number of nitrogens with zero attached hydrogens (tertiary/aromatic N) is 3. The van der Waals surface area contributed by atoms with Crippen molar-refractivity contribution >= 4 is 5.97 Å². The lowest BCUT2D eigenvalue weighted by Gasteiger charge is -2.39. The molecular weight excluding hydrogens is 322 g/mol. The summed E-state index contributed by atoms with van der Waals surface area (Å²) in [5.74, 6) is -0.401. The third-order valence-electron chi connectivity index (χ3n) is 4.15. The van der Waals surface area contributed by atoms with E-state index in [1.165, 1.54) is 18.0 Å². The Hall–Kier alpha value is -1.59. The highest BCUT2D eigenvalue weighted by Crippen LogP contribution is 2.30. The number of carbonyl (C=O) groups excluding carboxylic acids is 1. The van der Waals surface area contributed by atoms with Gasteiger partial charge in [-0.25, -0.2) is 4.68 Å². The second-order valence-electron chi connectivity index (χ2n) is 6.44. The number of aromatic nitrogens is 3. The summed E-state index contributed by atoms with van der Waals surface area (Å²) in [6, 6.07) is 0. The lowest BCUT2D eigenvalue weighted by molar-refractivity contribution is -0.254. The monoisotopic (exact) mass is 345 g/mol. The Morgan fingerprint density at radius 2 is 2.00 bits per heavy atom. The maximum Gasteiger partial charge on any atom is 0.306 e. The number of aliphatic hydroxyl groups excluding tert-OH is 4. The maximum atomic E-state index is 11.5. The highest BCUT2D eigenvalue weighted by molar-refractivity contribution is 5.70. The molecule has 1 aliphatic heterocycles. The van der Waals surface area contributed by atoms with Crippen LogP contribution < -0.4 is 0 Å². The Balaban J connectivity index is 2.21. The van der Waals surface area contributed by atoms with Crippen molar-refractivity contribution in [3.05, 3.63) is 11.9 Å². The molecule has 0 unspecified atom stereocenters. The van der Waals surface area contributed by atoms with Crippen molar-refractivity contribution in [2.24, 2.45) is 0 Å². The first-order valence-electron chi connectivity index (χ1n) is 7.51. The van der Waals surface area contributed by atoms with E-state index in [9.17, 15) is 25.2 Å². The van der Waals surface area contributed by atoms with E-state index >= 15 is 0 Å². The molecule has 1 aliphatic rings. The molecule has 2 heterocycles. The summed E-state index contributed by atoms with van der Waals surface area (Å²) < 4.78 is 11.2. The van der Waals surface area contributed by atoms with E-state index in [2.05, 4.69) is 15.0 Å². The van der Waals surface area contributed by atoms with Crippen LogP contribution in [0.5, 0.6) is 0 Å². The first kappa shape index (κ1) is 18.7. The zero-order valence-corrected chi connectivity index (χ0v) is 13.7. The van der Waals surface area contributed by atoms with Crippen LogP contribution in [-0.2, 0) is 19.7 Å². The molecule has 0 spiro atoms. The summed E-state index contributed by atoms with van der Waals surface area (Å²) >= 11 is 0. The summed E-state index contributed by atoms with van der Waals surface area (Å²) in [6.07, 6.45) is -5.01. The molecule has 0 radical (unpaired) electrons. The van der Waals surface area contributed by atoms with Gasteiger partial charge < -0.3 is 29.9 Å². The topological polar surface area (TPSA) is 147 Å². The van der Waals surface area contributed by atoms with Gasteiger partial charge in [0, 0.05) is 5.41 Å². The summed E-state index contributed by atoms with van der Waals surface area (Å²) in [7, 11) is 1.29. The average Bonchev–Trinajstić information content (AvgIpc) is 3.03. The first-order chi connectivity index (χ1) is 11.2. The number of aliphatic hydroxyl groups is 4. The molecule has 136 valence electrons. The second kappa shape index (κ2) is 7.11.